The lowest BCUT2D eigenvalue weighted by molar-refractivity contribution is -0.122. The van der Waals surface area contributed by atoms with Gasteiger partial charge in [-0.15, -0.1) is 0 Å². The van der Waals surface area contributed by atoms with Crippen molar-refractivity contribution in [3.63, 3.8) is 0 Å². The molecule has 0 bridgehead atoms. The van der Waals surface area contributed by atoms with E-state index in [-0.39, 0.29) is 11.8 Å². The standard InChI is InChI=1S/C7H13N3O/c1-3-8-7(11)6-4-9-10-5(6)2/h6,9H,3-4H2,1-2H3,(H,8,11). The largest absolute Gasteiger partial charge is 0.356 e. The zero-order chi connectivity index (χ0) is 8.27. The normalized spacial score (nSPS) is 22.4. The van der Waals surface area contributed by atoms with E-state index in [0.717, 1.165) is 5.71 Å². The van der Waals surface area contributed by atoms with Crippen molar-refractivity contribution >= 4 is 11.6 Å². The lowest BCUT2D eigenvalue weighted by Gasteiger charge is -2.07. The Morgan fingerprint density at radius 2 is 2.64 bits per heavy atom. The first kappa shape index (κ1) is 8.04. The van der Waals surface area contributed by atoms with Crippen molar-refractivity contribution in [2.75, 3.05) is 13.1 Å². The van der Waals surface area contributed by atoms with Crippen LogP contribution in [0.1, 0.15) is 13.8 Å². The summed E-state index contributed by atoms with van der Waals surface area (Å²) in [6, 6.07) is 0. The van der Waals surface area contributed by atoms with E-state index in [4.69, 9.17) is 0 Å². The van der Waals surface area contributed by atoms with Gasteiger partial charge >= 0.3 is 0 Å². The molecule has 1 atom stereocenters. The predicted octanol–water partition coefficient (Wildman–Crippen LogP) is -0.282. The van der Waals surface area contributed by atoms with Gasteiger partial charge < -0.3 is 10.7 Å². The number of nitrogens with one attached hydrogen (secondary N) is 2. The molecular formula is C7H13N3O. The zero-order valence-electron chi connectivity index (χ0n) is 6.85. The van der Waals surface area contributed by atoms with E-state index in [1.54, 1.807) is 0 Å². The molecule has 0 radical (unpaired) electrons. The summed E-state index contributed by atoms with van der Waals surface area (Å²) in [5.41, 5.74) is 3.66. The molecule has 0 aromatic carbocycles. The quantitative estimate of drug-likeness (QED) is 0.576. The second-order valence-corrected chi connectivity index (χ2v) is 2.56. The number of hydrazone groups is 1. The molecule has 0 spiro atoms. The molecule has 62 valence electrons. The highest BCUT2D eigenvalue weighted by molar-refractivity contribution is 6.04. The molecule has 2 N–H and O–H groups in total. The fraction of sp³-hybridized carbons (Fsp3) is 0.714. The van der Waals surface area contributed by atoms with E-state index in [0.29, 0.717) is 13.1 Å². The number of hydrogen-bond donors (Lipinski definition) is 2. The van der Waals surface area contributed by atoms with Crippen molar-refractivity contribution in [1.29, 1.82) is 0 Å². The minimum atomic E-state index is -0.0602. The maximum absolute atomic E-state index is 11.2. The highest BCUT2D eigenvalue weighted by Crippen LogP contribution is 2.03. The van der Waals surface area contributed by atoms with Crippen LogP contribution in [-0.4, -0.2) is 24.7 Å². The number of carbonyl (C=O) groups is 1. The monoisotopic (exact) mass is 155 g/mol. The number of carbonyl (C=O) groups excluding carboxylic acids is 1. The predicted molar refractivity (Wildman–Crippen MR) is 43.3 cm³/mol. The van der Waals surface area contributed by atoms with Gasteiger partial charge in [0.1, 0.15) is 0 Å². The molecule has 0 aromatic rings. The van der Waals surface area contributed by atoms with Crippen molar-refractivity contribution in [3.8, 4) is 0 Å². The summed E-state index contributed by atoms with van der Waals surface area (Å²) in [7, 11) is 0. The third-order valence-corrected chi connectivity index (χ3v) is 1.72. The molecule has 0 saturated carbocycles. The Kier molecular flexibility index (Phi) is 2.46. The molecule has 1 aliphatic heterocycles. The van der Waals surface area contributed by atoms with Gasteiger partial charge in [0.25, 0.3) is 0 Å². The molecular weight excluding hydrogens is 142 g/mol. The summed E-state index contributed by atoms with van der Waals surface area (Å²) < 4.78 is 0. The van der Waals surface area contributed by atoms with Gasteiger partial charge in [-0.3, -0.25) is 4.79 Å². The van der Waals surface area contributed by atoms with Gasteiger partial charge in [-0.2, -0.15) is 5.10 Å². The second kappa shape index (κ2) is 3.37. The maximum Gasteiger partial charge on any atom is 0.230 e. The van der Waals surface area contributed by atoms with Crippen molar-refractivity contribution in [3.05, 3.63) is 0 Å². The van der Waals surface area contributed by atoms with Crippen LogP contribution < -0.4 is 10.7 Å². The highest BCUT2D eigenvalue weighted by atomic mass is 16.1. The van der Waals surface area contributed by atoms with E-state index in [1.807, 2.05) is 13.8 Å². The van der Waals surface area contributed by atoms with Crippen molar-refractivity contribution in [2.45, 2.75) is 13.8 Å². The number of amides is 1. The first-order chi connectivity index (χ1) is 5.25. The van der Waals surface area contributed by atoms with Gasteiger partial charge in [0.15, 0.2) is 0 Å². The molecule has 0 fully saturated rings. The van der Waals surface area contributed by atoms with Gasteiger partial charge in [0.2, 0.25) is 5.91 Å². The summed E-state index contributed by atoms with van der Waals surface area (Å²) in [6.07, 6.45) is 0. The average Bonchev–Trinajstić information content (AvgIpc) is 2.36. The summed E-state index contributed by atoms with van der Waals surface area (Å²) in [5, 5.41) is 6.68. The number of rotatable bonds is 2. The van der Waals surface area contributed by atoms with E-state index in [9.17, 15) is 4.79 Å². The molecule has 0 aromatic heterocycles. The minimum absolute atomic E-state index is 0.0602. The average molecular weight is 155 g/mol. The minimum Gasteiger partial charge on any atom is -0.356 e. The maximum atomic E-state index is 11.2. The summed E-state index contributed by atoms with van der Waals surface area (Å²) in [4.78, 5) is 11.2. The number of nitrogens with zero attached hydrogens (tertiary/aromatic N) is 1. The van der Waals surface area contributed by atoms with Gasteiger partial charge in [-0.05, 0) is 13.8 Å². The fourth-order valence-corrected chi connectivity index (χ4v) is 1.07. The lowest BCUT2D eigenvalue weighted by Crippen LogP contribution is -2.35. The second-order valence-electron chi connectivity index (χ2n) is 2.56. The van der Waals surface area contributed by atoms with Crippen molar-refractivity contribution < 1.29 is 4.79 Å². The van der Waals surface area contributed by atoms with E-state index < -0.39 is 0 Å². The van der Waals surface area contributed by atoms with Crippen LogP contribution in [0.4, 0.5) is 0 Å². The Balaban J connectivity index is 2.48. The van der Waals surface area contributed by atoms with Gasteiger partial charge in [-0.1, -0.05) is 0 Å². The third-order valence-electron chi connectivity index (χ3n) is 1.72. The van der Waals surface area contributed by atoms with Crippen LogP contribution in [-0.2, 0) is 4.79 Å². The molecule has 1 aliphatic rings. The summed E-state index contributed by atoms with van der Waals surface area (Å²) >= 11 is 0. The van der Waals surface area contributed by atoms with Crippen LogP contribution in [0.3, 0.4) is 0 Å². The fourth-order valence-electron chi connectivity index (χ4n) is 1.07. The Bertz CT molecular complexity index is 188. The molecule has 1 rings (SSSR count). The van der Waals surface area contributed by atoms with E-state index in [1.165, 1.54) is 0 Å². The molecule has 4 nitrogen and oxygen atoms in total. The van der Waals surface area contributed by atoms with Gasteiger partial charge in [0.05, 0.1) is 5.92 Å². The SMILES string of the molecule is CCNC(=O)C1CNN=C1C. The lowest BCUT2D eigenvalue weighted by atomic mass is 10.1. The van der Waals surface area contributed by atoms with Crippen LogP contribution in [0.5, 0.6) is 0 Å². The Hall–Kier alpha value is -1.06. The van der Waals surface area contributed by atoms with Crippen LogP contribution in [0.2, 0.25) is 0 Å². The van der Waals surface area contributed by atoms with Crippen molar-refractivity contribution in [2.24, 2.45) is 11.0 Å². The smallest absolute Gasteiger partial charge is 0.230 e. The molecule has 1 unspecified atom stereocenters. The first-order valence-corrected chi connectivity index (χ1v) is 3.80. The molecule has 1 amide bonds. The molecule has 4 heteroatoms. The van der Waals surface area contributed by atoms with Crippen LogP contribution >= 0.6 is 0 Å². The van der Waals surface area contributed by atoms with Crippen LogP contribution in [0.25, 0.3) is 0 Å². The molecule has 11 heavy (non-hydrogen) atoms. The van der Waals surface area contributed by atoms with Crippen molar-refractivity contribution in [1.82, 2.24) is 10.7 Å². The van der Waals surface area contributed by atoms with Gasteiger partial charge in [-0.25, -0.2) is 0 Å². The topological polar surface area (TPSA) is 53.5 Å². The molecule has 0 saturated heterocycles. The highest BCUT2D eigenvalue weighted by Gasteiger charge is 2.24. The first-order valence-electron chi connectivity index (χ1n) is 3.80. The molecule has 0 aliphatic carbocycles. The Labute approximate surface area is 66.0 Å². The van der Waals surface area contributed by atoms with Crippen LogP contribution in [0.15, 0.2) is 5.10 Å². The Morgan fingerprint density at radius 1 is 1.91 bits per heavy atom. The summed E-state index contributed by atoms with van der Waals surface area (Å²) in [5.74, 6) is 0.00806. The third kappa shape index (κ3) is 1.69. The molecule has 1 heterocycles. The number of hydrogen-bond acceptors (Lipinski definition) is 3. The van der Waals surface area contributed by atoms with E-state index >= 15 is 0 Å². The zero-order valence-corrected chi connectivity index (χ0v) is 6.85. The van der Waals surface area contributed by atoms with Gasteiger partial charge in [0, 0.05) is 18.8 Å². The van der Waals surface area contributed by atoms with E-state index in [2.05, 4.69) is 15.8 Å². The Morgan fingerprint density at radius 3 is 3.09 bits per heavy atom. The summed E-state index contributed by atoms with van der Waals surface area (Å²) in [6.45, 7) is 5.09. The van der Waals surface area contributed by atoms with Crippen LogP contribution in [0, 0.1) is 5.92 Å².